The number of nitrogens with two attached hydrogens (primary N) is 1. The second-order valence-electron chi connectivity index (χ2n) is 4.89. The molecule has 2 aromatic carbocycles. The van der Waals surface area contributed by atoms with Crippen molar-refractivity contribution < 1.29 is 9.18 Å². The second-order valence-corrected chi connectivity index (χ2v) is 4.89. The Morgan fingerprint density at radius 1 is 1.19 bits per heavy atom. The summed E-state index contributed by atoms with van der Waals surface area (Å²) in [6.45, 7) is 1.80. The molecular weight excluding hydrogens is 269 g/mol. The summed E-state index contributed by atoms with van der Waals surface area (Å²) in [5.74, 6) is -0.481. The van der Waals surface area contributed by atoms with E-state index in [1.54, 1.807) is 37.3 Å². The van der Waals surface area contributed by atoms with E-state index in [1.165, 1.54) is 12.1 Å². The molecule has 3 rings (SSSR count). The normalized spacial score (nSPS) is 15.4. The summed E-state index contributed by atoms with van der Waals surface area (Å²) in [6, 6.07) is 11.2. The number of fused-ring (bicyclic) bond motifs is 1. The van der Waals surface area contributed by atoms with Gasteiger partial charge >= 0.3 is 0 Å². The number of anilines is 3. The minimum atomic E-state index is -0.303. The molecule has 1 aliphatic rings. The van der Waals surface area contributed by atoms with Crippen molar-refractivity contribution in [1.82, 2.24) is 0 Å². The minimum Gasteiger partial charge on any atom is -0.399 e. The van der Waals surface area contributed by atoms with Crippen LogP contribution >= 0.6 is 0 Å². The number of hydrogen-bond donors (Lipinski definition) is 3. The van der Waals surface area contributed by atoms with Gasteiger partial charge in [0.2, 0.25) is 0 Å². The van der Waals surface area contributed by atoms with Crippen molar-refractivity contribution in [1.29, 1.82) is 0 Å². The van der Waals surface area contributed by atoms with Gasteiger partial charge in [0.15, 0.2) is 0 Å². The Balaban J connectivity index is 2.00. The molecule has 0 aliphatic carbocycles. The van der Waals surface area contributed by atoms with Gasteiger partial charge in [0.25, 0.3) is 5.91 Å². The highest BCUT2D eigenvalue weighted by molar-refractivity contribution is 6.32. The van der Waals surface area contributed by atoms with Crippen LogP contribution in [0.25, 0.3) is 5.57 Å². The van der Waals surface area contributed by atoms with Crippen molar-refractivity contribution in [3.8, 4) is 0 Å². The van der Waals surface area contributed by atoms with E-state index in [0.29, 0.717) is 22.6 Å². The monoisotopic (exact) mass is 283 g/mol. The summed E-state index contributed by atoms with van der Waals surface area (Å²) in [5.41, 5.74) is 9.83. The zero-order chi connectivity index (χ0) is 15.0. The Kier molecular flexibility index (Phi) is 3.10. The van der Waals surface area contributed by atoms with Crippen LogP contribution in [0.15, 0.2) is 48.2 Å². The van der Waals surface area contributed by atoms with Crippen LogP contribution in [0.4, 0.5) is 21.5 Å². The molecule has 0 fully saturated rings. The van der Waals surface area contributed by atoms with Gasteiger partial charge in [-0.25, -0.2) is 4.39 Å². The Morgan fingerprint density at radius 3 is 2.62 bits per heavy atom. The van der Waals surface area contributed by atoms with Crippen LogP contribution in [-0.2, 0) is 4.79 Å². The van der Waals surface area contributed by atoms with Gasteiger partial charge in [-0.3, -0.25) is 4.79 Å². The molecule has 0 unspecified atom stereocenters. The molecule has 5 heteroatoms. The van der Waals surface area contributed by atoms with Crippen LogP contribution in [0, 0.1) is 5.82 Å². The number of nitrogens with one attached hydrogen (secondary N) is 2. The van der Waals surface area contributed by atoms with Gasteiger partial charge in [0.1, 0.15) is 5.82 Å². The minimum absolute atomic E-state index is 0.178. The number of rotatable bonds is 2. The molecule has 0 radical (unpaired) electrons. The Labute approximate surface area is 121 Å². The molecule has 0 spiro atoms. The van der Waals surface area contributed by atoms with Crippen LogP contribution in [0.2, 0.25) is 0 Å². The molecular formula is C16H14FN3O. The highest BCUT2D eigenvalue weighted by atomic mass is 19.1. The Bertz CT molecular complexity index is 751. The average molecular weight is 283 g/mol. The maximum atomic E-state index is 12.9. The number of carbonyl (C=O) groups is 1. The highest BCUT2D eigenvalue weighted by Crippen LogP contribution is 2.35. The Morgan fingerprint density at radius 2 is 1.90 bits per heavy atom. The SMILES string of the molecule is C/C(Nc1ccc(F)cc1)=C1/C(=O)Nc2ccc(N)cc21. The second kappa shape index (κ2) is 4.94. The number of benzene rings is 2. The fraction of sp³-hybridized carbons (Fsp3) is 0.0625. The zero-order valence-corrected chi connectivity index (χ0v) is 11.4. The van der Waals surface area contributed by atoms with Crippen LogP contribution in [0.5, 0.6) is 0 Å². The van der Waals surface area contributed by atoms with E-state index in [0.717, 1.165) is 11.3 Å². The third kappa shape index (κ3) is 2.45. The largest absolute Gasteiger partial charge is 0.399 e. The van der Waals surface area contributed by atoms with Crippen molar-refractivity contribution in [3.63, 3.8) is 0 Å². The summed E-state index contributed by atoms with van der Waals surface area (Å²) < 4.78 is 12.9. The third-order valence-corrected chi connectivity index (χ3v) is 3.34. The van der Waals surface area contributed by atoms with E-state index < -0.39 is 0 Å². The first-order valence-electron chi connectivity index (χ1n) is 6.49. The van der Waals surface area contributed by atoms with Crippen molar-refractivity contribution >= 4 is 28.5 Å². The molecule has 4 nitrogen and oxygen atoms in total. The fourth-order valence-electron chi connectivity index (χ4n) is 2.37. The third-order valence-electron chi connectivity index (χ3n) is 3.34. The molecule has 0 saturated heterocycles. The summed E-state index contributed by atoms with van der Waals surface area (Å²) in [7, 11) is 0. The lowest BCUT2D eigenvalue weighted by Gasteiger charge is -2.09. The van der Waals surface area contributed by atoms with E-state index in [9.17, 15) is 9.18 Å². The maximum Gasteiger partial charge on any atom is 0.258 e. The fourth-order valence-corrected chi connectivity index (χ4v) is 2.37. The number of amides is 1. The lowest BCUT2D eigenvalue weighted by molar-refractivity contribution is -0.110. The topological polar surface area (TPSA) is 67.2 Å². The van der Waals surface area contributed by atoms with E-state index >= 15 is 0 Å². The number of hydrogen-bond acceptors (Lipinski definition) is 3. The van der Waals surface area contributed by atoms with Crippen molar-refractivity contribution in [2.45, 2.75) is 6.92 Å². The smallest absolute Gasteiger partial charge is 0.258 e. The van der Waals surface area contributed by atoms with Crippen molar-refractivity contribution in [2.75, 3.05) is 16.4 Å². The molecule has 4 N–H and O–H groups in total. The molecule has 0 saturated carbocycles. The summed E-state index contributed by atoms with van der Waals surface area (Å²) in [6.07, 6.45) is 0. The van der Waals surface area contributed by atoms with Crippen LogP contribution in [0.3, 0.4) is 0 Å². The number of allylic oxidation sites excluding steroid dienone is 1. The molecule has 1 heterocycles. The quantitative estimate of drug-likeness (QED) is 0.585. The van der Waals surface area contributed by atoms with E-state index in [1.807, 2.05) is 0 Å². The number of carbonyl (C=O) groups excluding carboxylic acids is 1. The van der Waals surface area contributed by atoms with Crippen molar-refractivity contribution in [3.05, 3.63) is 59.5 Å². The van der Waals surface area contributed by atoms with Gasteiger partial charge in [0, 0.05) is 28.3 Å². The van der Waals surface area contributed by atoms with Gasteiger partial charge in [-0.05, 0) is 49.4 Å². The molecule has 2 aromatic rings. The summed E-state index contributed by atoms with van der Waals surface area (Å²) >= 11 is 0. The van der Waals surface area contributed by atoms with Crippen LogP contribution < -0.4 is 16.4 Å². The first-order valence-corrected chi connectivity index (χ1v) is 6.49. The highest BCUT2D eigenvalue weighted by Gasteiger charge is 2.26. The first kappa shape index (κ1) is 13.2. The van der Waals surface area contributed by atoms with E-state index in [2.05, 4.69) is 10.6 Å². The predicted octanol–water partition coefficient (Wildman–Crippen LogP) is 3.20. The number of halogens is 1. The van der Waals surface area contributed by atoms with E-state index in [-0.39, 0.29) is 11.7 Å². The van der Waals surface area contributed by atoms with Gasteiger partial charge in [-0.15, -0.1) is 0 Å². The lowest BCUT2D eigenvalue weighted by Crippen LogP contribution is -2.08. The van der Waals surface area contributed by atoms with Crippen molar-refractivity contribution in [2.24, 2.45) is 0 Å². The summed E-state index contributed by atoms with van der Waals surface area (Å²) in [4.78, 5) is 12.1. The van der Waals surface area contributed by atoms with E-state index in [4.69, 9.17) is 5.73 Å². The molecule has 21 heavy (non-hydrogen) atoms. The molecule has 0 bridgehead atoms. The predicted molar refractivity (Wildman–Crippen MR) is 82.1 cm³/mol. The van der Waals surface area contributed by atoms with Gasteiger partial charge < -0.3 is 16.4 Å². The average Bonchev–Trinajstić information content (AvgIpc) is 2.76. The van der Waals surface area contributed by atoms with Crippen LogP contribution in [-0.4, -0.2) is 5.91 Å². The molecule has 1 amide bonds. The first-order chi connectivity index (χ1) is 10.0. The van der Waals surface area contributed by atoms with Gasteiger partial charge in [-0.1, -0.05) is 0 Å². The maximum absolute atomic E-state index is 12.9. The van der Waals surface area contributed by atoms with Gasteiger partial charge in [-0.2, -0.15) is 0 Å². The van der Waals surface area contributed by atoms with Gasteiger partial charge in [0.05, 0.1) is 5.57 Å². The van der Waals surface area contributed by atoms with Crippen LogP contribution in [0.1, 0.15) is 12.5 Å². The molecule has 0 atom stereocenters. The zero-order valence-electron chi connectivity index (χ0n) is 11.4. The number of nitrogen functional groups attached to an aromatic ring is 1. The summed E-state index contributed by atoms with van der Waals surface area (Å²) in [5, 5.41) is 5.91. The molecule has 0 aromatic heterocycles. The lowest BCUT2D eigenvalue weighted by atomic mass is 10.0. The standard InChI is InChI=1S/C16H14FN3O/c1-9(19-12-5-2-10(17)3-6-12)15-13-8-11(18)4-7-14(13)20-16(15)21/h2-8,19H,18H2,1H3,(H,20,21)/b15-9-. The Hall–Kier alpha value is -2.82. The molecule has 1 aliphatic heterocycles. The molecule has 106 valence electrons.